The van der Waals surface area contributed by atoms with E-state index >= 15 is 0 Å². The second-order valence-corrected chi connectivity index (χ2v) is 5.30. The van der Waals surface area contributed by atoms with Crippen molar-refractivity contribution in [2.24, 2.45) is 0 Å². The summed E-state index contributed by atoms with van der Waals surface area (Å²) in [6.07, 6.45) is 2.83. The van der Waals surface area contributed by atoms with Crippen LogP contribution in [0.4, 0.5) is 0 Å². The van der Waals surface area contributed by atoms with Crippen LogP contribution in [-0.2, 0) is 11.3 Å². The van der Waals surface area contributed by atoms with Crippen molar-refractivity contribution in [3.05, 3.63) is 15.6 Å². The minimum atomic E-state index is 0.423. The topological polar surface area (TPSA) is 34.2 Å². The van der Waals surface area contributed by atoms with E-state index in [-0.39, 0.29) is 0 Å². The quantitative estimate of drug-likeness (QED) is 0.853. The fourth-order valence-corrected chi connectivity index (χ4v) is 2.66. The number of aryl methyl sites for hydroxylation is 2. The van der Waals surface area contributed by atoms with Gasteiger partial charge in [-0.3, -0.25) is 0 Å². The molecule has 1 fully saturated rings. The number of ether oxygens (including phenoxy) is 1. The number of aromatic nitrogens is 1. The van der Waals surface area contributed by atoms with Gasteiger partial charge in [0.15, 0.2) is 0 Å². The van der Waals surface area contributed by atoms with E-state index in [1.54, 1.807) is 11.3 Å². The van der Waals surface area contributed by atoms with Gasteiger partial charge in [0.05, 0.1) is 11.8 Å². The van der Waals surface area contributed by atoms with E-state index in [0.29, 0.717) is 6.10 Å². The van der Waals surface area contributed by atoms with Crippen LogP contribution in [0.3, 0.4) is 0 Å². The van der Waals surface area contributed by atoms with Gasteiger partial charge in [-0.1, -0.05) is 0 Å². The normalized spacial score (nSPS) is 21.1. The number of rotatable bonds is 4. The Morgan fingerprint density at radius 2 is 2.40 bits per heavy atom. The third-order valence-electron chi connectivity index (χ3n) is 2.75. The molecule has 2 heterocycles. The molecular formula is C11H18N2OS. The monoisotopic (exact) mass is 226 g/mol. The second kappa shape index (κ2) is 5.05. The van der Waals surface area contributed by atoms with E-state index in [1.165, 1.54) is 22.7 Å². The van der Waals surface area contributed by atoms with Gasteiger partial charge in [0, 0.05) is 24.6 Å². The first-order valence-corrected chi connectivity index (χ1v) is 6.32. The van der Waals surface area contributed by atoms with Crippen molar-refractivity contribution in [1.29, 1.82) is 0 Å². The van der Waals surface area contributed by atoms with Crippen LogP contribution < -0.4 is 5.32 Å². The third-order valence-corrected chi connectivity index (χ3v) is 3.82. The second-order valence-electron chi connectivity index (χ2n) is 4.02. The number of hydrogen-bond acceptors (Lipinski definition) is 4. The Hall–Kier alpha value is -0.450. The zero-order valence-electron chi connectivity index (χ0n) is 9.38. The summed E-state index contributed by atoms with van der Waals surface area (Å²) in [4.78, 5) is 5.81. The molecule has 4 heteroatoms. The number of nitrogens with one attached hydrogen (secondary N) is 1. The van der Waals surface area contributed by atoms with Crippen LogP contribution in [0.25, 0.3) is 0 Å². The maximum atomic E-state index is 5.54. The van der Waals surface area contributed by atoms with E-state index in [1.807, 2.05) is 0 Å². The summed E-state index contributed by atoms with van der Waals surface area (Å²) in [5, 5.41) is 4.59. The molecule has 1 saturated heterocycles. The lowest BCUT2D eigenvalue weighted by Crippen LogP contribution is -2.25. The number of nitrogens with zero attached hydrogens (tertiary/aromatic N) is 1. The molecule has 1 atom stereocenters. The molecule has 84 valence electrons. The van der Waals surface area contributed by atoms with Gasteiger partial charge in [-0.25, -0.2) is 4.98 Å². The van der Waals surface area contributed by atoms with Gasteiger partial charge in [-0.05, 0) is 26.7 Å². The van der Waals surface area contributed by atoms with Gasteiger partial charge in [0.1, 0.15) is 5.01 Å². The van der Waals surface area contributed by atoms with E-state index in [0.717, 1.165) is 25.4 Å². The molecule has 1 aliphatic rings. The molecule has 1 unspecified atom stereocenters. The van der Waals surface area contributed by atoms with Crippen molar-refractivity contribution in [3.63, 3.8) is 0 Å². The van der Waals surface area contributed by atoms with Crippen LogP contribution in [0.15, 0.2) is 0 Å². The van der Waals surface area contributed by atoms with Crippen LogP contribution in [0, 0.1) is 13.8 Å². The van der Waals surface area contributed by atoms with Crippen molar-refractivity contribution < 1.29 is 4.74 Å². The molecule has 0 aliphatic carbocycles. The Morgan fingerprint density at radius 1 is 1.53 bits per heavy atom. The molecule has 1 aliphatic heterocycles. The molecule has 0 saturated carbocycles. The zero-order chi connectivity index (χ0) is 10.7. The Kier molecular flexibility index (Phi) is 3.72. The SMILES string of the molecule is Cc1nc(CNCC2CCCO2)sc1C. The van der Waals surface area contributed by atoms with Crippen molar-refractivity contribution in [3.8, 4) is 0 Å². The Morgan fingerprint density at radius 3 is 3.00 bits per heavy atom. The lowest BCUT2D eigenvalue weighted by Gasteiger charge is -2.09. The molecule has 1 aromatic heterocycles. The van der Waals surface area contributed by atoms with Crippen LogP contribution in [-0.4, -0.2) is 24.2 Å². The number of hydrogen-bond donors (Lipinski definition) is 1. The van der Waals surface area contributed by atoms with E-state index < -0.39 is 0 Å². The largest absolute Gasteiger partial charge is 0.377 e. The fourth-order valence-electron chi connectivity index (χ4n) is 1.76. The summed E-state index contributed by atoms with van der Waals surface area (Å²) in [5.41, 5.74) is 1.16. The van der Waals surface area contributed by atoms with E-state index in [9.17, 15) is 0 Å². The van der Waals surface area contributed by atoms with Crippen molar-refractivity contribution in [2.45, 2.75) is 39.3 Å². The molecule has 3 nitrogen and oxygen atoms in total. The van der Waals surface area contributed by atoms with Gasteiger partial charge in [-0.2, -0.15) is 0 Å². The maximum Gasteiger partial charge on any atom is 0.107 e. The molecule has 0 amide bonds. The minimum absolute atomic E-state index is 0.423. The molecule has 1 aromatic rings. The van der Waals surface area contributed by atoms with Crippen molar-refractivity contribution in [2.75, 3.05) is 13.2 Å². The van der Waals surface area contributed by atoms with E-state index in [4.69, 9.17) is 4.74 Å². The first-order chi connectivity index (χ1) is 7.25. The molecule has 0 bridgehead atoms. The van der Waals surface area contributed by atoms with Crippen LogP contribution in [0.1, 0.15) is 28.4 Å². The molecule has 0 spiro atoms. The van der Waals surface area contributed by atoms with Gasteiger partial charge >= 0.3 is 0 Å². The molecule has 1 N–H and O–H groups in total. The van der Waals surface area contributed by atoms with Gasteiger partial charge < -0.3 is 10.1 Å². The summed E-state index contributed by atoms with van der Waals surface area (Å²) in [6, 6.07) is 0. The van der Waals surface area contributed by atoms with Crippen LogP contribution in [0.5, 0.6) is 0 Å². The maximum absolute atomic E-state index is 5.54. The van der Waals surface area contributed by atoms with Gasteiger partial charge in [-0.15, -0.1) is 11.3 Å². The summed E-state index contributed by atoms with van der Waals surface area (Å²) in [7, 11) is 0. The Balaban J connectivity index is 1.73. The molecule has 2 rings (SSSR count). The highest BCUT2D eigenvalue weighted by molar-refractivity contribution is 7.11. The standard InChI is InChI=1S/C11H18N2OS/c1-8-9(2)15-11(13-8)7-12-6-10-4-3-5-14-10/h10,12H,3-7H2,1-2H3. The van der Waals surface area contributed by atoms with E-state index in [2.05, 4.69) is 24.1 Å². The summed E-state index contributed by atoms with van der Waals surface area (Å²) in [5.74, 6) is 0. The fraction of sp³-hybridized carbons (Fsp3) is 0.727. The predicted octanol–water partition coefficient (Wildman–Crippen LogP) is 2.03. The van der Waals surface area contributed by atoms with Gasteiger partial charge in [0.25, 0.3) is 0 Å². The zero-order valence-corrected chi connectivity index (χ0v) is 10.2. The minimum Gasteiger partial charge on any atom is -0.377 e. The highest BCUT2D eigenvalue weighted by atomic mass is 32.1. The first-order valence-electron chi connectivity index (χ1n) is 5.51. The number of thiazole rings is 1. The molecular weight excluding hydrogens is 208 g/mol. The first kappa shape index (κ1) is 11.0. The average Bonchev–Trinajstić information content (AvgIpc) is 2.79. The highest BCUT2D eigenvalue weighted by Gasteiger charge is 2.14. The summed E-state index contributed by atoms with van der Waals surface area (Å²) >= 11 is 1.78. The molecule has 15 heavy (non-hydrogen) atoms. The van der Waals surface area contributed by atoms with Gasteiger partial charge in [0.2, 0.25) is 0 Å². The molecule has 0 radical (unpaired) electrons. The highest BCUT2D eigenvalue weighted by Crippen LogP contribution is 2.16. The summed E-state index contributed by atoms with van der Waals surface area (Å²) < 4.78 is 5.54. The van der Waals surface area contributed by atoms with Crippen molar-refractivity contribution in [1.82, 2.24) is 10.3 Å². The van der Waals surface area contributed by atoms with Crippen LogP contribution >= 0.6 is 11.3 Å². The predicted molar refractivity (Wildman–Crippen MR) is 62.3 cm³/mol. The smallest absolute Gasteiger partial charge is 0.107 e. The molecule has 0 aromatic carbocycles. The Labute approximate surface area is 94.9 Å². The Bertz CT molecular complexity index is 299. The van der Waals surface area contributed by atoms with Crippen LogP contribution in [0.2, 0.25) is 0 Å². The lowest BCUT2D eigenvalue weighted by atomic mass is 10.2. The lowest BCUT2D eigenvalue weighted by molar-refractivity contribution is 0.110. The third kappa shape index (κ3) is 3.00. The van der Waals surface area contributed by atoms with Crippen molar-refractivity contribution >= 4 is 11.3 Å². The summed E-state index contributed by atoms with van der Waals surface area (Å²) in [6.45, 7) is 6.95. The average molecular weight is 226 g/mol.